The second-order valence-electron chi connectivity index (χ2n) is 7.23. The third-order valence-electron chi connectivity index (χ3n) is 5.51. The summed E-state index contributed by atoms with van der Waals surface area (Å²) in [7, 11) is 1.91. The van der Waals surface area contributed by atoms with Crippen LogP contribution < -0.4 is 5.32 Å². The molecule has 0 atom stereocenters. The molecule has 4 aromatic rings. The molecule has 0 radical (unpaired) electrons. The number of nitrogens with zero attached hydrogens (tertiary/aromatic N) is 4. The Morgan fingerprint density at radius 3 is 2.74 bits per heavy atom. The van der Waals surface area contributed by atoms with E-state index >= 15 is 0 Å². The van der Waals surface area contributed by atoms with Crippen LogP contribution in [0, 0.1) is 5.82 Å². The fraction of sp³-hybridized carbons (Fsp3) is 0.286. The summed E-state index contributed by atoms with van der Waals surface area (Å²) in [6.45, 7) is 1.95. The second kappa shape index (κ2) is 6.39. The highest BCUT2D eigenvalue weighted by Gasteiger charge is 2.18. The van der Waals surface area contributed by atoms with E-state index in [0.29, 0.717) is 16.8 Å². The molecule has 0 aliphatic carbocycles. The van der Waals surface area contributed by atoms with Gasteiger partial charge in [0, 0.05) is 23.7 Å². The van der Waals surface area contributed by atoms with Crippen LogP contribution in [0.1, 0.15) is 24.5 Å². The van der Waals surface area contributed by atoms with Gasteiger partial charge in [0.05, 0.1) is 22.9 Å². The lowest BCUT2D eigenvalue weighted by atomic mass is 9.93. The van der Waals surface area contributed by atoms with Crippen LogP contribution in [0.4, 0.5) is 4.39 Å². The van der Waals surface area contributed by atoms with Gasteiger partial charge in [0.1, 0.15) is 5.82 Å². The molecule has 27 heavy (non-hydrogen) atoms. The number of aryl methyl sites for hydroxylation is 1. The van der Waals surface area contributed by atoms with Crippen LogP contribution in [0.2, 0.25) is 0 Å². The van der Waals surface area contributed by atoms with Crippen molar-refractivity contribution in [3.05, 3.63) is 54.1 Å². The van der Waals surface area contributed by atoms with Gasteiger partial charge < -0.3 is 5.32 Å². The zero-order valence-electron chi connectivity index (χ0n) is 15.1. The van der Waals surface area contributed by atoms with Gasteiger partial charge in [-0.3, -0.25) is 4.68 Å². The number of hydrogen-bond donors (Lipinski definition) is 1. The van der Waals surface area contributed by atoms with Crippen LogP contribution in [-0.4, -0.2) is 33.1 Å². The maximum absolute atomic E-state index is 14.9. The normalized spacial score (nSPS) is 15.6. The first kappa shape index (κ1) is 16.3. The van der Waals surface area contributed by atoms with Crippen LogP contribution in [0.15, 0.2) is 42.6 Å². The van der Waals surface area contributed by atoms with E-state index in [4.69, 9.17) is 0 Å². The number of hydrogen-bond acceptors (Lipinski definition) is 4. The molecule has 1 aliphatic rings. The van der Waals surface area contributed by atoms with Crippen LogP contribution in [0.5, 0.6) is 0 Å². The van der Waals surface area contributed by atoms with Gasteiger partial charge in [-0.05, 0) is 67.4 Å². The van der Waals surface area contributed by atoms with E-state index in [0.717, 1.165) is 53.7 Å². The van der Waals surface area contributed by atoms with Crippen molar-refractivity contribution in [2.24, 2.45) is 7.05 Å². The van der Waals surface area contributed by atoms with Crippen LogP contribution in [0.3, 0.4) is 0 Å². The number of nitrogens with one attached hydrogen (secondary N) is 1. The zero-order valence-corrected chi connectivity index (χ0v) is 15.1. The lowest BCUT2D eigenvalue weighted by Crippen LogP contribution is -2.27. The van der Waals surface area contributed by atoms with Crippen molar-refractivity contribution in [2.45, 2.75) is 18.8 Å². The first-order valence-corrected chi connectivity index (χ1v) is 9.29. The SMILES string of the molecule is Cn1ncc2cc(-c3cc(F)c4cc(C5CCNCC5)nnc4c3)ccc21. The predicted molar refractivity (Wildman–Crippen MR) is 104 cm³/mol. The number of halogens is 1. The average Bonchev–Trinajstić information content (AvgIpc) is 3.08. The summed E-state index contributed by atoms with van der Waals surface area (Å²) in [5, 5.41) is 17.9. The minimum Gasteiger partial charge on any atom is -0.317 e. The highest BCUT2D eigenvalue weighted by molar-refractivity contribution is 5.88. The molecule has 6 heteroatoms. The van der Waals surface area contributed by atoms with Crippen molar-refractivity contribution < 1.29 is 4.39 Å². The maximum atomic E-state index is 14.9. The number of benzene rings is 2. The minimum absolute atomic E-state index is 0.251. The van der Waals surface area contributed by atoms with E-state index in [9.17, 15) is 4.39 Å². The van der Waals surface area contributed by atoms with Crippen molar-refractivity contribution in [3.63, 3.8) is 0 Å². The summed E-state index contributed by atoms with van der Waals surface area (Å²) in [5.74, 6) is 0.106. The quantitative estimate of drug-likeness (QED) is 0.590. The molecule has 0 unspecified atom stereocenters. The van der Waals surface area contributed by atoms with Gasteiger partial charge in [-0.25, -0.2) is 4.39 Å². The molecule has 0 spiro atoms. The Morgan fingerprint density at radius 1 is 1.04 bits per heavy atom. The third kappa shape index (κ3) is 2.86. The van der Waals surface area contributed by atoms with Crippen LogP contribution in [-0.2, 0) is 7.05 Å². The van der Waals surface area contributed by atoms with E-state index in [2.05, 4.69) is 20.6 Å². The smallest absolute Gasteiger partial charge is 0.133 e. The topological polar surface area (TPSA) is 55.6 Å². The second-order valence-corrected chi connectivity index (χ2v) is 7.23. The zero-order chi connectivity index (χ0) is 18.4. The van der Waals surface area contributed by atoms with Crippen molar-refractivity contribution >= 4 is 21.8 Å². The van der Waals surface area contributed by atoms with E-state index < -0.39 is 0 Å². The molecule has 3 heterocycles. The Kier molecular flexibility index (Phi) is 3.86. The van der Waals surface area contributed by atoms with Gasteiger partial charge in [0.15, 0.2) is 0 Å². The van der Waals surface area contributed by atoms with E-state index in [-0.39, 0.29) is 5.82 Å². The number of aromatic nitrogens is 4. The van der Waals surface area contributed by atoms with E-state index in [1.165, 1.54) is 0 Å². The maximum Gasteiger partial charge on any atom is 0.133 e. The molecular formula is C21H20FN5. The number of fused-ring (bicyclic) bond motifs is 2. The highest BCUT2D eigenvalue weighted by Crippen LogP contribution is 2.30. The lowest BCUT2D eigenvalue weighted by Gasteiger charge is -2.21. The molecule has 0 saturated carbocycles. The molecule has 5 nitrogen and oxygen atoms in total. The summed E-state index contributed by atoms with van der Waals surface area (Å²) in [6.07, 6.45) is 3.86. The molecule has 0 bridgehead atoms. The van der Waals surface area contributed by atoms with Crippen molar-refractivity contribution in [2.75, 3.05) is 13.1 Å². The Balaban J connectivity index is 1.57. The summed E-state index contributed by atoms with van der Waals surface area (Å²) in [4.78, 5) is 0. The molecular weight excluding hydrogens is 341 g/mol. The summed E-state index contributed by atoms with van der Waals surface area (Å²) >= 11 is 0. The van der Waals surface area contributed by atoms with Crippen LogP contribution in [0.25, 0.3) is 32.9 Å². The van der Waals surface area contributed by atoms with Crippen molar-refractivity contribution in [3.8, 4) is 11.1 Å². The highest BCUT2D eigenvalue weighted by atomic mass is 19.1. The molecule has 1 saturated heterocycles. The standard InChI is InChI=1S/C21H20FN5/c1-27-21-3-2-14(8-16(21)12-24-27)15-9-18(22)17-11-19(25-26-20(17)10-15)13-4-6-23-7-5-13/h2-3,8-13,23H,4-7H2,1H3. The fourth-order valence-corrected chi connectivity index (χ4v) is 3.94. The summed E-state index contributed by atoms with van der Waals surface area (Å²) < 4.78 is 16.7. The van der Waals surface area contributed by atoms with Gasteiger partial charge in [-0.15, -0.1) is 0 Å². The lowest BCUT2D eigenvalue weighted by molar-refractivity contribution is 0.451. The van der Waals surface area contributed by atoms with E-state index in [1.807, 2.05) is 48.3 Å². The monoisotopic (exact) mass is 361 g/mol. The number of piperidine rings is 1. The van der Waals surface area contributed by atoms with Gasteiger partial charge in [0.25, 0.3) is 0 Å². The molecule has 1 fully saturated rings. The Morgan fingerprint density at radius 2 is 1.89 bits per heavy atom. The summed E-state index contributed by atoms with van der Waals surface area (Å²) in [6, 6.07) is 11.4. The molecule has 2 aromatic carbocycles. The Bertz CT molecular complexity index is 1140. The molecule has 5 rings (SSSR count). The van der Waals surface area contributed by atoms with Crippen molar-refractivity contribution in [1.82, 2.24) is 25.3 Å². The van der Waals surface area contributed by atoms with Crippen LogP contribution >= 0.6 is 0 Å². The molecule has 1 N–H and O–H groups in total. The van der Waals surface area contributed by atoms with Gasteiger partial charge in [0.2, 0.25) is 0 Å². The third-order valence-corrected chi connectivity index (χ3v) is 5.51. The largest absolute Gasteiger partial charge is 0.317 e. The molecule has 0 amide bonds. The van der Waals surface area contributed by atoms with Gasteiger partial charge >= 0.3 is 0 Å². The molecule has 136 valence electrons. The minimum atomic E-state index is -0.251. The first-order chi connectivity index (χ1) is 13.2. The predicted octanol–water partition coefficient (Wildman–Crippen LogP) is 3.79. The van der Waals surface area contributed by atoms with Gasteiger partial charge in [-0.1, -0.05) is 6.07 Å². The molecule has 1 aliphatic heterocycles. The molecule has 2 aromatic heterocycles. The Hall–Kier alpha value is -2.86. The van der Waals surface area contributed by atoms with Crippen molar-refractivity contribution in [1.29, 1.82) is 0 Å². The first-order valence-electron chi connectivity index (χ1n) is 9.29. The van der Waals surface area contributed by atoms with E-state index in [1.54, 1.807) is 6.07 Å². The number of rotatable bonds is 2. The van der Waals surface area contributed by atoms with Gasteiger partial charge in [-0.2, -0.15) is 15.3 Å². The Labute approximate surface area is 156 Å². The summed E-state index contributed by atoms with van der Waals surface area (Å²) in [5.41, 5.74) is 4.28. The average molecular weight is 361 g/mol. The fourth-order valence-electron chi connectivity index (χ4n) is 3.94.